The summed E-state index contributed by atoms with van der Waals surface area (Å²) in [7, 11) is 0. The predicted octanol–water partition coefficient (Wildman–Crippen LogP) is 2.93. The molecule has 0 saturated carbocycles. The number of halogens is 1. The third-order valence-corrected chi connectivity index (χ3v) is 3.74. The molecule has 0 atom stereocenters. The van der Waals surface area contributed by atoms with Crippen LogP contribution in [0.5, 0.6) is 0 Å². The van der Waals surface area contributed by atoms with Gasteiger partial charge in [-0.15, -0.1) is 0 Å². The monoisotopic (exact) mass is 293 g/mol. The molecule has 5 heteroatoms. The number of hydrogen-bond acceptors (Lipinski definition) is 3. The highest BCUT2D eigenvalue weighted by molar-refractivity contribution is 6.33. The van der Waals surface area contributed by atoms with E-state index in [1.165, 1.54) is 6.42 Å². The molecule has 2 rings (SSSR count). The number of nitrogens with zero attached hydrogens (tertiary/aromatic N) is 2. The van der Waals surface area contributed by atoms with Crippen LogP contribution in [0.3, 0.4) is 0 Å². The second kappa shape index (κ2) is 7.41. The Kier molecular flexibility index (Phi) is 5.56. The largest absolute Gasteiger partial charge is 0.303 e. The molecule has 1 N–H and O–H groups in total. The van der Waals surface area contributed by atoms with E-state index in [0.717, 1.165) is 38.2 Å². The van der Waals surface area contributed by atoms with E-state index in [0.29, 0.717) is 10.6 Å². The molecule has 1 aromatic rings. The first-order chi connectivity index (χ1) is 9.70. The van der Waals surface area contributed by atoms with E-state index in [-0.39, 0.29) is 5.91 Å². The highest BCUT2D eigenvalue weighted by Gasteiger charge is 2.15. The van der Waals surface area contributed by atoms with Gasteiger partial charge in [-0.05, 0) is 25.1 Å². The van der Waals surface area contributed by atoms with E-state index in [4.69, 9.17) is 11.6 Å². The van der Waals surface area contributed by atoms with E-state index >= 15 is 0 Å². The Bertz CT molecular complexity index is 492. The number of carbonyl (C=O) groups excluding carboxylic acids is 1. The van der Waals surface area contributed by atoms with Crippen LogP contribution in [0, 0.1) is 0 Å². The summed E-state index contributed by atoms with van der Waals surface area (Å²) in [5.41, 5.74) is 4.12. The van der Waals surface area contributed by atoms with Gasteiger partial charge in [-0.1, -0.05) is 30.7 Å². The van der Waals surface area contributed by atoms with Crippen molar-refractivity contribution in [2.24, 2.45) is 5.10 Å². The molecule has 0 unspecified atom stereocenters. The van der Waals surface area contributed by atoms with E-state index in [2.05, 4.69) is 22.4 Å². The number of benzene rings is 1. The first-order valence-corrected chi connectivity index (χ1v) is 7.41. The van der Waals surface area contributed by atoms with Gasteiger partial charge in [0.25, 0.3) is 5.91 Å². The van der Waals surface area contributed by atoms with Gasteiger partial charge in [0, 0.05) is 31.6 Å². The molecule has 0 radical (unpaired) electrons. The van der Waals surface area contributed by atoms with Crippen LogP contribution >= 0.6 is 11.6 Å². The molecule has 108 valence electrons. The van der Waals surface area contributed by atoms with Gasteiger partial charge in [0.15, 0.2) is 0 Å². The Labute approximate surface area is 124 Å². The fourth-order valence-corrected chi connectivity index (χ4v) is 2.52. The van der Waals surface area contributed by atoms with Crippen molar-refractivity contribution in [2.75, 3.05) is 19.6 Å². The topological polar surface area (TPSA) is 44.7 Å². The normalized spacial score (nSPS) is 16.0. The number of nitrogens with one attached hydrogen (secondary N) is 1. The van der Waals surface area contributed by atoms with Gasteiger partial charge < -0.3 is 4.90 Å². The molecule has 4 nitrogen and oxygen atoms in total. The molecule has 1 amide bonds. The minimum absolute atomic E-state index is 0.251. The summed E-state index contributed by atoms with van der Waals surface area (Å²) in [5, 5.41) is 4.67. The standard InChI is InChI=1S/C15H20ClN3O/c1-2-9-19-10-7-12(8-11-19)17-18-15(20)13-5-3-4-6-14(13)16/h3-6H,2,7-11H2,1H3,(H,18,20). The van der Waals surface area contributed by atoms with Gasteiger partial charge in [-0.25, -0.2) is 5.43 Å². The molecular formula is C15H20ClN3O. The number of amides is 1. The lowest BCUT2D eigenvalue weighted by Gasteiger charge is -2.26. The van der Waals surface area contributed by atoms with E-state index < -0.39 is 0 Å². The van der Waals surface area contributed by atoms with E-state index in [1.807, 2.05) is 0 Å². The van der Waals surface area contributed by atoms with E-state index in [1.54, 1.807) is 24.3 Å². The first-order valence-electron chi connectivity index (χ1n) is 7.03. The minimum Gasteiger partial charge on any atom is -0.303 e. The maximum Gasteiger partial charge on any atom is 0.272 e. The molecule has 0 bridgehead atoms. The van der Waals surface area contributed by atoms with Crippen LogP contribution in [-0.2, 0) is 0 Å². The average Bonchev–Trinajstić information content (AvgIpc) is 2.47. The van der Waals surface area contributed by atoms with Gasteiger partial charge in [0.05, 0.1) is 10.6 Å². The summed E-state index contributed by atoms with van der Waals surface area (Å²) in [6.07, 6.45) is 3.02. The quantitative estimate of drug-likeness (QED) is 0.868. The van der Waals surface area contributed by atoms with Gasteiger partial charge in [0.2, 0.25) is 0 Å². The molecule has 1 saturated heterocycles. The number of piperidine rings is 1. The van der Waals surface area contributed by atoms with Crippen LogP contribution < -0.4 is 5.43 Å². The van der Waals surface area contributed by atoms with Crippen LogP contribution in [0.15, 0.2) is 29.4 Å². The molecule has 1 aliphatic rings. The fraction of sp³-hybridized carbons (Fsp3) is 0.467. The molecule has 0 aliphatic carbocycles. The summed E-state index contributed by atoms with van der Waals surface area (Å²) >= 11 is 5.98. The number of likely N-dealkylation sites (tertiary alicyclic amines) is 1. The summed E-state index contributed by atoms with van der Waals surface area (Å²) in [6.45, 7) is 5.37. The average molecular weight is 294 g/mol. The van der Waals surface area contributed by atoms with Crippen molar-refractivity contribution in [1.82, 2.24) is 10.3 Å². The van der Waals surface area contributed by atoms with Gasteiger partial charge in [-0.2, -0.15) is 5.10 Å². The lowest BCUT2D eigenvalue weighted by Crippen LogP contribution is -2.35. The maximum atomic E-state index is 12.0. The number of hydrogen-bond donors (Lipinski definition) is 1. The van der Waals surface area contributed by atoms with Crippen molar-refractivity contribution in [3.63, 3.8) is 0 Å². The molecule has 1 heterocycles. The third-order valence-electron chi connectivity index (χ3n) is 3.41. The summed E-state index contributed by atoms with van der Waals surface area (Å²) < 4.78 is 0. The molecule has 0 spiro atoms. The van der Waals surface area contributed by atoms with E-state index in [9.17, 15) is 4.79 Å². The zero-order valence-corrected chi connectivity index (χ0v) is 12.5. The second-order valence-corrected chi connectivity index (χ2v) is 5.35. The van der Waals surface area contributed by atoms with Gasteiger partial charge >= 0.3 is 0 Å². The Morgan fingerprint density at radius 3 is 2.70 bits per heavy atom. The smallest absolute Gasteiger partial charge is 0.272 e. The summed E-state index contributed by atoms with van der Waals surface area (Å²) in [4.78, 5) is 14.4. The molecule has 1 aromatic carbocycles. The van der Waals surface area contributed by atoms with Crippen molar-refractivity contribution in [1.29, 1.82) is 0 Å². The number of hydrazone groups is 1. The second-order valence-electron chi connectivity index (χ2n) is 4.94. The van der Waals surface area contributed by atoms with Crippen LogP contribution in [0.1, 0.15) is 36.5 Å². The number of rotatable bonds is 4. The third kappa shape index (κ3) is 4.05. The van der Waals surface area contributed by atoms with Crippen molar-refractivity contribution in [3.8, 4) is 0 Å². The number of carbonyl (C=O) groups is 1. The first kappa shape index (κ1) is 15.0. The molecule has 1 aliphatic heterocycles. The Morgan fingerprint density at radius 2 is 2.05 bits per heavy atom. The highest BCUT2D eigenvalue weighted by Crippen LogP contribution is 2.14. The molecule has 0 aromatic heterocycles. The van der Waals surface area contributed by atoms with Crippen molar-refractivity contribution < 1.29 is 4.79 Å². The van der Waals surface area contributed by atoms with Crippen LogP contribution in [0.2, 0.25) is 5.02 Å². The minimum atomic E-state index is -0.251. The van der Waals surface area contributed by atoms with Crippen molar-refractivity contribution in [3.05, 3.63) is 34.9 Å². The lowest BCUT2D eigenvalue weighted by atomic mass is 10.1. The van der Waals surface area contributed by atoms with Crippen LogP contribution in [0.4, 0.5) is 0 Å². The van der Waals surface area contributed by atoms with Gasteiger partial charge in [0.1, 0.15) is 0 Å². The molecular weight excluding hydrogens is 274 g/mol. The highest BCUT2D eigenvalue weighted by atomic mass is 35.5. The zero-order valence-electron chi connectivity index (χ0n) is 11.7. The Hall–Kier alpha value is -1.39. The predicted molar refractivity (Wildman–Crippen MR) is 82.3 cm³/mol. The zero-order chi connectivity index (χ0) is 14.4. The van der Waals surface area contributed by atoms with Crippen molar-refractivity contribution >= 4 is 23.2 Å². The Morgan fingerprint density at radius 1 is 1.35 bits per heavy atom. The lowest BCUT2D eigenvalue weighted by molar-refractivity contribution is 0.0954. The maximum absolute atomic E-state index is 12.0. The fourth-order valence-electron chi connectivity index (χ4n) is 2.30. The van der Waals surface area contributed by atoms with Crippen molar-refractivity contribution in [2.45, 2.75) is 26.2 Å². The van der Waals surface area contributed by atoms with Crippen LogP contribution in [0.25, 0.3) is 0 Å². The Balaban J connectivity index is 1.88. The summed E-state index contributed by atoms with van der Waals surface area (Å²) in [5.74, 6) is -0.251. The SMILES string of the molecule is CCCN1CCC(=NNC(=O)c2ccccc2Cl)CC1. The van der Waals surface area contributed by atoms with Crippen LogP contribution in [-0.4, -0.2) is 36.2 Å². The summed E-state index contributed by atoms with van der Waals surface area (Å²) in [6, 6.07) is 6.99. The molecule has 1 fully saturated rings. The molecule has 20 heavy (non-hydrogen) atoms. The van der Waals surface area contributed by atoms with Gasteiger partial charge in [-0.3, -0.25) is 4.79 Å².